The lowest BCUT2D eigenvalue weighted by Gasteiger charge is -2.50. The summed E-state index contributed by atoms with van der Waals surface area (Å²) in [6.07, 6.45) is 10.7. The normalized spacial score (nSPS) is 35.5. The van der Waals surface area contributed by atoms with Crippen LogP contribution in [0, 0.1) is 17.3 Å². The van der Waals surface area contributed by atoms with Crippen molar-refractivity contribution in [3.63, 3.8) is 0 Å². The van der Waals surface area contributed by atoms with E-state index in [4.69, 9.17) is 9.47 Å². The van der Waals surface area contributed by atoms with Gasteiger partial charge < -0.3 is 9.47 Å². The van der Waals surface area contributed by atoms with E-state index in [0.717, 1.165) is 43.1 Å². The molecule has 0 aliphatic heterocycles. The number of benzene rings is 1. The Labute approximate surface area is 159 Å². The van der Waals surface area contributed by atoms with E-state index in [2.05, 4.69) is 39.0 Å². The van der Waals surface area contributed by atoms with E-state index in [1.165, 1.54) is 44.9 Å². The monoisotopic (exact) mass is 356 g/mol. The van der Waals surface area contributed by atoms with E-state index in [-0.39, 0.29) is 0 Å². The van der Waals surface area contributed by atoms with Gasteiger partial charge in [-0.2, -0.15) is 0 Å². The minimum Gasteiger partial charge on any atom is -0.494 e. The number of aryl methyl sites for hydroxylation is 1. The van der Waals surface area contributed by atoms with Gasteiger partial charge in [-0.3, -0.25) is 0 Å². The van der Waals surface area contributed by atoms with Gasteiger partial charge >= 0.3 is 0 Å². The fraction of sp³-hybridized carbons (Fsp3) is 0.750. The molecule has 2 saturated carbocycles. The second-order valence-electron chi connectivity index (χ2n) is 9.04. The molecular formula is C24H36O2. The van der Waals surface area contributed by atoms with Crippen molar-refractivity contribution in [1.29, 1.82) is 0 Å². The predicted octanol–water partition coefficient (Wildman–Crippen LogP) is 6.13. The van der Waals surface area contributed by atoms with Gasteiger partial charge in [-0.05, 0) is 98.3 Å². The smallest absolute Gasteiger partial charge is 0.119 e. The van der Waals surface area contributed by atoms with Crippen LogP contribution in [0.3, 0.4) is 0 Å². The van der Waals surface area contributed by atoms with Crippen molar-refractivity contribution in [3.05, 3.63) is 29.3 Å². The first-order valence-corrected chi connectivity index (χ1v) is 11.0. The lowest BCUT2D eigenvalue weighted by Crippen LogP contribution is -2.44. The molecule has 5 atom stereocenters. The van der Waals surface area contributed by atoms with Crippen LogP contribution in [0.15, 0.2) is 18.2 Å². The zero-order valence-corrected chi connectivity index (χ0v) is 16.9. The molecule has 0 radical (unpaired) electrons. The Bertz CT molecular complexity index is 625. The Morgan fingerprint density at radius 3 is 2.81 bits per heavy atom. The topological polar surface area (TPSA) is 18.5 Å². The highest BCUT2D eigenvalue weighted by atomic mass is 16.5. The van der Waals surface area contributed by atoms with Crippen molar-refractivity contribution in [2.24, 2.45) is 17.3 Å². The van der Waals surface area contributed by atoms with Crippen molar-refractivity contribution in [2.45, 2.75) is 84.2 Å². The molecule has 1 aromatic carbocycles. The second kappa shape index (κ2) is 7.54. The van der Waals surface area contributed by atoms with E-state index in [1.54, 1.807) is 11.1 Å². The Balaban J connectivity index is 1.52. The third-order valence-electron chi connectivity index (χ3n) is 7.75. The minimum absolute atomic E-state index is 0.415. The molecule has 2 nitrogen and oxygen atoms in total. The third-order valence-corrected chi connectivity index (χ3v) is 7.75. The summed E-state index contributed by atoms with van der Waals surface area (Å²) in [6.45, 7) is 8.61. The van der Waals surface area contributed by atoms with E-state index < -0.39 is 0 Å². The van der Waals surface area contributed by atoms with Crippen LogP contribution in [-0.2, 0) is 11.2 Å². The lowest BCUT2D eigenvalue weighted by molar-refractivity contribution is -0.0600. The summed E-state index contributed by atoms with van der Waals surface area (Å²) in [4.78, 5) is 0. The molecule has 2 fully saturated rings. The largest absolute Gasteiger partial charge is 0.494 e. The van der Waals surface area contributed by atoms with Gasteiger partial charge in [-0.15, -0.1) is 0 Å². The summed E-state index contributed by atoms with van der Waals surface area (Å²) in [5, 5.41) is 0. The fourth-order valence-corrected chi connectivity index (χ4v) is 6.41. The van der Waals surface area contributed by atoms with Crippen molar-refractivity contribution < 1.29 is 9.47 Å². The van der Waals surface area contributed by atoms with Gasteiger partial charge in [0.2, 0.25) is 0 Å². The first-order chi connectivity index (χ1) is 12.7. The Kier molecular flexibility index (Phi) is 5.32. The molecule has 0 spiro atoms. The predicted molar refractivity (Wildman–Crippen MR) is 107 cm³/mol. The van der Waals surface area contributed by atoms with Crippen molar-refractivity contribution in [1.82, 2.24) is 0 Å². The summed E-state index contributed by atoms with van der Waals surface area (Å²) in [6, 6.07) is 6.96. The second-order valence-corrected chi connectivity index (χ2v) is 9.04. The molecule has 0 saturated heterocycles. The summed E-state index contributed by atoms with van der Waals surface area (Å²) in [5.41, 5.74) is 3.60. The molecule has 1 aromatic rings. The summed E-state index contributed by atoms with van der Waals surface area (Å²) in [7, 11) is 0. The van der Waals surface area contributed by atoms with Crippen LogP contribution in [0.25, 0.3) is 0 Å². The van der Waals surface area contributed by atoms with Crippen molar-refractivity contribution in [3.8, 4) is 5.75 Å². The molecule has 144 valence electrons. The summed E-state index contributed by atoms with van der Waals surface area (Å²) < 4.78 is 12.1. The summed E-state index contributed by atoms with van der Waals surface area (Å²) >= 11 is 0. The molecule has 1 unspecified atom stereocenters. The molecule has 4 rings (SSSR count). The van der Waals surface area contributed by atoms with Gasteiger partial charge in [0.1, 0.15) is 5.75 Å². The van der Waals surface area contributed by atoms with Crippen LogP contribution in [-0.4, -0.2) is 19.3 Å². The molecule has 0 heterocycles. The molecule has 26 heavy (non-hydrogen) atoms. The first kappa shape index (κ1) is 18.3. The lowest BCUT2D eigenvalue weighted by atomic mass is 9.55. The van der Waals surface area contributed by atoms with E-state index >= 15 is 0 Å². The molecule has 2 heteroatoms. The quantitative estimate of drug-likeness (QED) is 0.571. The molecule has 3 aliphatic rings. The van der Waals surface area contributed by atoms with Gasteiger partial charge in [-0.1, -0.05) is 26.3 Å². The third kappa shape index (κ3) is 3.09. The van der Waals surface area contributed by atoms with Crippen LogP contribution in [0.1, 0.15) is 82.8 Å². The Morgan fingerprint density at radius 1 is 1.12 bits per heavy atom. The number of hydrogen-bond donors (Lipinski definition) is 0. The number of fused-ring (bicyclic) bond motifs is 5. The maximum atomic E-state index is 6.17. The van der Waals surface area contributed by atoms with Crippen LogP contribution < -0.4 is 4.74 Å². The highest BCUT2D eigenvalue weighted by molar-refractivity contribution is 5.40. The molecule has 3 aliphatic carbocycles. The van der Waals surface area contributed by atoms with Gasteiger partial charge in [-0.25, -0.2) is 0 Å². The highest BCUT2D eigenvalue weighted by Crippen LogP contribution is 2.61. The number of unbranched alkanes of at least 4 members (excludes halogenated alkanes) is 1. The average Bonchev–Trinajstić information content (AvgIpc) is 2.98. The maximum absolute atomic E-state index is 6.17. The summed E-state index contributed by atoms with van der Waals surface area (Å²) in [5.74, 6) is 3.56. The van der Waals surface area contributed by atoms with Crippen LogP contribution in [0.2, 0.25) is 0 Å². The van der Waals surface area contributed by atoms with Crippen molar-refractivity contribution >= 4 is 0 Å². The zero-order chi connectivity index (χ0) is 18.1. The standard InChI is InChI=1S/C24H36O2/c1-4-6-15-26-18-8-10-19-17(16-18)7-9-21-20(19)13-14-24(3)22(21)11-12-23(24)25-5-2/h8,10,16,20-23H,4-7,9,11-15H2,1-3H3/t20-,21-,22+,23?,24+/m1/s1. The van der Waals surface area contributed by atoms with Crippen LogP contribution in [0.4, 0.5) is 0 Å². The number of rotatable bonds is 6. The molecule has 0 bridgehead atoms. The fourth-order valence-electron chi connectivity index (χ4n) is 6.41. The maximum Gasteiger partial charge on any atom is 0.119 e. The van der Waals surface area contributed by atoms with E-state index in [0.29, 0.717) is 11.5 Å². The molecule has 0 aromatic heterocycles. The molecular weight excluding hydrogens is 320 g/mol. The Morgan fingerprint density at radius 2 is 2.00 bits per heavy atom. The van der Waals surface area contributed by atoms with Gasteiger partial charge in [0.15, 0.2) is 0 Å². The van der Waals surface area contributed by atoms with Gasteiger partial charge in [0, 0.05) is 6.61 Å². The van der Waals surface area contributed by atoms with Crippen molar-refractivity contribution in [2.75, 3.05) is 13.2 Å². The number of hydrogen-bond acceptors (Lipinski definition) is 2. The first-order valence-electron chi connectivity index (χ1n) is 11.0. The molecule has 0 amide bonds. The highest BCUT2D eigenvalue weighted by Gasteiger charge is 2.55. The SMILES string of the molecule is CCCCOc1ccc2c(c1)CC[C@@H]1[C@@H]2CC[C@]2(C)C(OCC)CC[C@@H]12. The van der Waals surface area contributed by atoms with Crippen LogP contribution in [0.5, 0.6) is 5.75 Å². The zero-order valence-electron chi connectivity index (χ0n) is 16.9. The van der Waals surface area contributed by atoms with E-state index in [9.17, 15) is 0 Å². The number of ether oxygens (including phenoxy) is 2. The van der Waals surface area contributed by atoms with Gasteiger partial charge in [0.05, 0.1) is 12.7 Å². The minimum atomic E-state index is 0.415. The average molecular weight is 357 g/mol. The Hall–Kier alpha value is -1.02. The molecule has 0 N–H and O–H groups in total. The van der Waals surface area contributed by atoms with E-state index in [1.807, 2.05) is 0 Å². The van der Waals surface area contributed by atoms with Gasteiger partial charge in [0.25, 0.3) is 0 Å². The van der Waals surface area contributed by atoms with Crippen LogP contribution >= 0.6 is 0 Å².